The molecule has 5 heteroatoms. The monoisotopic (exact) mass is 419 g/mol. The number of rotatable bonds is 5. The van der Waals surface area contributed by atoms with Gasteiger partial charge in [-0.3, -0.25) is 0 Å². The number of ether oxygens (including phenoxy) is 1. The minimum absolute atomic E-state index is 0. The largest absolute Gasteiger partial charge is 0.491 e. The minimum atomic E-state index is -0.00400. The molecule has 0 aromatic heterocycles. The number of hydrogen-bond donors (Lipinski definition) is 2. The van der Waals surface area contributed by atoms with Crippen LogP contribution in [0.5, 0.6) is 5.75 Å². The van der Waals surface area contributed by atoms with Gasteiger partial charge in [0.15, 0.2) is 5.96 Å². The number of nitrogens with one attached hydrogen (secondary N) is 2. The quantitative estimate of drug-likeness (QED) is 0.432. The summed E-state index contributed by atoms with van der Waals surface area (Å²) in [5.74, 6) is 1.74. The Morgan fingerprint density at radius 1 is 1.18 bits per heavy atom. The van der Waals surface area contributed by atoms with E-state index in [4.69, 9.17) is 4.74 Å². The molecule has 0 unspecified atom stereocenters. The Hall–Kier alpha value is -0.980. The predicted octanol–water partition coefficient (Wildman–Crippen LogP) is 3.95. The van der Waals surface area contributed by atoms with E-state index in [0.717, 1.165) is 23.8 Å². The van der Waals surface area contributed by atoms with Gasteiger partial charge < -0.3 is 15.4 Å². The molecule has 0 spiro atoms. The van der Waals surface area contributed by atoms with Gasteiger partial charge in [-0.25, -0.2) is 4.99 Å². The second kappa shape index (κ2) is 9.92. The van der Waals surface area contributed by atoms with Gasteiger partial charge in [0, 0.05) is 12.1 Å². The van der Waals surface area contributed by atoms with Crippen molar-refractivity contribution in [1.82, 2.24) is 10.6 Å². The summed E-state index contributed by atoms with van der Waals surface area (Å²) < 4.78 is 5.64. The number of halogens is 1. The fourth-order valence-electron chi connectivity index (χ4n) is 1.78. The van der Waals surface area contributed by atoms with E-state index in [1.54, 1.807) is 0 Å². The molecule has 0 aliphatic heterocycles. The van der Waals surface area contributed by atoms with Gasteiger partial charge in [-0.05, 0) is 59.2 Å². The highest BCUT2D eigenvalue weighted by molar-refractivity contribution is 14.0. The molecule has 0 radical (unpaired) electrons. The van der Waals surface area contributed by atoms with Crippen LogP contribution in [0, 0.1) is 0 Å². The van der Waals surface area contributed by atoms with Gasteiger partial charge in [0.1, 0.15) is 5.75 Å². The van der Waals surface area contributed by atoms with Crippen molar-refractivity contribution >= 4 is 29.9 Å². The van der Waals surface area contributed by atoms with E-state index in [2.05, 4.69) is 55.5 Å². The standard InChI is InChI=1S/C17H29N3O.HI/c1-7-18-16(20-17(4,5)6)19-12-14-8-10-15(11-9-14)21-13(2)3;/h8-11,13H,7,12H2,1-6H3,(H2,18,19,20);1H. The summed E-state index contributed by atoms with van der Waals surface area (Å²) in [6, 6.07) is 8.10. The van der Waals surface area contributed by atoms with Crippen molar-refractivity contribution in [3.63, 3.8) is 0 Å². The van der Waals surface area contributed by atoms with Crippen molar-refractivity contribution in [2.45, 2.75) is 59.7 Å². The summed E-state index contributed by atoms with van der Waals surface area (Å²) in [6.07, 6.45) is 0.199. The molecule has 0 saturated carbocycles. The van der Waals surface area contributed by atoms with Crippen molar-refractivity contribution in [2.75, 3.05) is 6.54 Å². The molecule has 0 fully saturated rings. The van der Waals surface area contributed by atoms with Gasteiger partial charge in [0.25, 0.3) is 0 Å². The van der Waals surface area contributed by atoms with E-state index in [1.165, 1.54) is 0 Å². The van der Waals surface area contributed by atoms with Crippen molar-refractivity contribution < 1.29 is 4.74 Å². The van der Waals surface area contributed by atoms with Crippen LogP contribution >= 0.6 is 24.0 Å². The first-order valence-electron chi connectivity index (χ1n) is 7.62. The Bertz CT molecular complexity index is 450. The molecular weight excluding hydrogens is 389 g/mol. The Morgan fingerprint density at radius 3 is 2.23 bits per heavy atom. The lowest BCUT2D eigenvalue weighted by molar-refractivity contribution is 0.242. The Morgan fingerprint density at radius 2 is 1.77 bits per heavy atom. The minimum Gasteiger partial charge on any atom is -0.491 e. The molecule has 2 N–H and O–H groups in total. The molecule has 0 aliphatic rings. The second-order valence-electron chi connectivity index (χ2n) is 6.38. The fraction of sp³-hybridized carbons (Fsp3) is 0.588. The Labute approximate surface area is 152 Å². The average Bonchev–Trinajstić information content (AvgIpc) is 2.35. The zero-order chi connectivity index (χ0) is 15.9. The zero-order valence-electron chi connectivity index (χ0n) is 14.6. The van der Waals surface area contributed by atoms with Crippen LogP contribution in [0.2, 0.25) is 0 Å². The van der Waals surface area contributed by atoms with Gasteiger partial charge in [-0.1, -0.05) is 12.1 Å². The molecule has 0 amide bonds. The van der Waals surface area contributed by atoms with E-state index in [1.807, 2.05) is 26.0 Å². The zero-order valence-corrected chi connectivity index (χ0v) is 16.9. The van der Waals surface area contributed by atoms with Gasteiger partial charge in [0.05, 0.1) is 12.6 Å². The molecule has 0 aliphatic carbocycles. The molecule has 0 saturated heterocycles. The van der Waals surface area contributed by atoms with Crippen molar-refractivity contribution in [3.8, 4) is 5.75 Å². The van der Waals surface area contributed by atoms with Crippen LogP contribution in [0.4, 0.5) is 0 Å². The first-order valence-corrected chi connectivity index (χ1v) is 7.62. The number of hydrogen-bond acceptors (Lipinski definition) is 2. The summed E-state index contributed by atoms with van der Waals surface area (Å²) in [5.41, 5.74) is 1.16. The first kappa shape index (κ1) is 21.0. The van der Waals surface area contributed by atoms with Crippen molar-refractivity contribution in [1.29, 1.82) is 0 Å². The summed E-state index contributed by atoms with van der Waals surface area (Å²) in [5, 5.41) is 6.64. The Balaban J connectivity index is 0.00000441. The number of aliphatic imine (C=N–C) groups is 1. The predicted molar refractivity (Wildman–Crippen MR) is 105 cm³/mol. The lowest BCUT2D eigenvalue weighted by Gasteiger charge is -2.23. The molecule has 126 valence electrons. The van der Waals surface area contributed by atoms with E-state index in [-0.39, 0.29) is 35.6 Å². The third-order valence-corrected chi connectivity index (χ3v) is 2.55. The van der Waals surface area contributed by atoms with Gasteiger partial charge in [0.2, 0.25) is 0 Å². The van der Waals surface area contributed by atoms with Crippen LogP contribution in [0.25, 0.3) is 0 Å². The normalized spacial score (nSPS) is 11.9. The number of nitrogens with zero attached hydrogens (tertiary/aromatic N) is 1. The maximum absolute atomic E-state index is 5.64. The molecule has 0 atom stereocenters. The summed E-state index contributed by atoms with van der Waals surface area (Å²) in [4.78, 5) is 4.61. The van der Waals surface area contributed by atoms with Gasteiger partial charge >= 0.3 is 0 Å². The van der Waals surface area contributed by atoms with Crippen molar-refractivity contribution in [3.05, 3.63) is 29.8 Å². The van der Waals surface area contributed by atoms with Crippen molar-refractivity contribution in [2.24, 2.45) is 4.99 Å². The topological polar surface area (TPSA) is 45.7 Å². The molecule has 0 heterocycles. The molecule has 1 aromatic rings. The van der Waals surface area contributed by atoms with Gasteiger partial charge in [-0.2, -0.15) is 0 Å². The number of guanidine groups is 1. The first-order chi connectivity index (χ1) is 9.80. The highest BCUT2D eigenvalue weighted by atomic mass is 127. The SMILES string of the molecule is CCNC(=NCc1ccc(OC(C)C)cc1)NC(C)(C)C.I. The number of benzene rings is 1. The molecule has 22 heavy (non-hydrogen) atoms. The molecule has 4 nitrogen and oxygen atoms in total. The van der Waals surface area contributed by atoms with E-state index < -0.39 is 0 Å². The maximum Gasteiger partial charge on any atom is 0.191 e. The summed E-state index contributed by atoms with van der Waals surface area (Å²) >= 11 is 0. The Kier molecular flexibility index (Phi) is 9.48. The second-order valence-corrected chi connectivity index (χ2v) is 6.38. The molecule has 1 aromatic carbocycles. The smallest absolute Gasteiger partial charge is 0.191 e. The van der Waals surface area contributed by atoms with Gasteiger partial charge in [-0.15, -0.1) is 24.0 Å². The summed E-state index contributed by atoms with van der Waals surface area (Å²) in [7, 11) is 0. The highest BCUT2D eigenvalue weighted by Gasteiger charge is 2.11. The molecule has 1 rings (SSSR count). The third-order valence-electron chi connectivity index (χ3n) is 2.55. The summed E-state index contributed by atoms with van der Waals surface area (Å²) in [6.45, 7) is 14.0. The van der Waals surface area contributed by atoms with E-state index in [9.17, 15) is 0 Å². The van der Waals surface area contributed by atoms with E-state index >= 15 is 0 Å². The van der Waals surface area contributed by atoms with E-state index in [0.29, 0.717) is 6.54 Å². The van der Waals surface area contributed by atoms with Crippen LogP contribution in [0.1, 0.15) is 47.1 Å². The molecular formula is C17H30IN3O. The van der Waals surface area contributed by atoms with Crippen LogP contribution in [-0.4, -0.2) is 24.1 Å². The van der Waals surface area contributed by atoms with Crippen LogP contribution in [0.3, 0.4) is 0 Å². The fourth-order valence-corrected chi connectivity index (χ4v) is 1.78. The lowest BCUT2D eigenvalue weighted by atomic mass is 10.1. The third kappa shape index (κ3) is 9.12. The van der Waals surface area contributed by atoms with Crippen LogP contribution < -0.4 is 15.4 Å². The average molecular weight is 419 g/mol. The molecule has 0 bridgehead atoms. The maximum atomic E-state index is 5.64. The highest BCUT2D eigenvalue weighted by Crippen LogP contribution is 2.14. The van der Waals surface area contributed by atoms with Crippen LogP contribution in [-0.2, 0) is 6.54 Å². The lowest BCUT2D eigenvalue weighted by Crippen LogP contribution is -2.47. The van der Waals surface area contributed by atoms with Crippen LogP contribution in [0.15, 0.2) is 29.3 Å².